The number of hydrogen-bond donors (Lipinski definition) is 0. The van der Waals surface area contributed by atoms with E-state index in [9.17, 15) is 0 Å². The molecule has 2 rings (SSSR count). The summed E-state index contributed by atoms with van der Waals surface area (Å²) in [6, 6.07) is 0. The van der Waals surface area contributed by atoms with Crippen LogP contribution in [-0.2, 0) is 28.4 Å². The van der Waals surface area contributed by atoms with E-state index in [1.165, 1.54) is 12.8 Å². The number of rotatable bonds is 16. The SMILES string of the molecule is CCCCCC(OC(CC)OCC1CO1)OC(CC)OCC1CO1. The first-order valence-corrected chi connectivity index (χ1v) is 9.52. The molecule has 6 heteroatoms. The van der Waals surface area contributed by atoms with Gasteiger partial charge in [-0.3, -0.25) is 0 Å². The first kappa shape index (κ1) is 20.1. The maximum Gasteiger partial charge on any atom is 0.163 e. The van der Waals surface area contributed by atoms with Crippen molar-refractivity contribution in [2.75, 3.05) is 26.4 Å². The van der Waals surface area contributed by atoms with E-state index in [1.54, 1.807) is 0 Å². The summed E-state index contributed by atoms with van der Waals surface area (Å²) in [7, 11) is 0. The molecule has 142 valence electrons. The predicted molar refractivity (Wildman–Crippen MR) is 89.6 cm³/mol. The van der Waals surface area contributed by atoms with Crippen molar-refractivity contribution in [1.82, 2.24) is 0 Å². The van der Waals surface area contributed by atoms with Gasteiger partial charge in [0.05, 0.1) is 26.4 Å². The van der Waals surface area contributed by atoms with E-state index in [0.29, 0.717) is 13.2 Å². The van der Waals surface area contributed by atoms with Crippen LogP contribution in [0.4, 0.5) is 0 Å². The molecular weight excluding hydrogens is 312 g/mol. The lowest BCUT2D eigenvalue weighted by atomic mass is 10.2. The maximum atomic E-state index is 6.07. The molecule has 24 heavy (non-hydrogen) atoms. The number of hydrogen-bond acceptors (Lipinski definition) is 6. The highest BCUT2D eigenvalue weighted by Gasteiger charge is 2.27. The Balaban J connectivity index is 1.75. The van der Waals surface area contributed by atoms with Gasteiger partial charge in [-0.15, -0.1) is 0 Å². The Kier molecular flexibility index (Phi) is 9.53. The van der Waals surface area contributed by atoms with Crippen LogP contribution in [0, 0.1) is 0 Å². The van der Waals surface area contributed by atoms with Crippen molar-refractivity contribution in [1.29, 1.82) is 0 Å². The lowest BCUT2D eigenvalue weighted by molar-refractivity contribution is -0.297. The molecule has 0 amide bonds. The fourth-order valence-corrected chi connectivity index (χ4v) is 2.33. The lowest BCUT2D eigenvalue weighted by Gasteiger charge is -2.28. The van der Waals surface area contributed by atoms with Gasteiger partial charge in [-0.1, -0.05) is 33.6 Å². The molecule has 0 aromatic rings. The van der Waals surface area contributed by atoms with Crippen LogP contribution in [-0.4, -0.2) is 57.5 Å². The molecule has 0 N–H and O–H groups in total. The van der Waals surface area contributed by atoms with Crippen LogP contribution in [0.3, 0.4) is 0 Å². The summed E-state index contributed by atoms with van der Waals surface area (Å²) in [5.74, 6) is 0. The van der Waals surface area contributed by atoms with Gasteiger partial charge in [0.2, 0.25) is 0 Å². The van der Waals surface area contributed by atoms with E-state index in [-0.39, 0.29) is 31.1 Å². The molecule has 0 saturated carbocycles. The Morgan fingerprint density at radius 3 is 1.67 bits per heavy atom. The Bertz CT molecular complexity index is 293. The Morgan fingerprint density at radius 2 is 1.29 bits per heavy atom. The van der Waals surface area contributed by atoms with Crippen LogP contribution >= 0.6 is 0 Å². The summed E-state index contributed by atoms with van der Waals surface area (Å²) in [4.78, 5) is 0. The summed E-state index contributed by atoms with van der Waals surface area (Å²) < 4.78 is 34.1. The van der Waals surface area contributed by atoms with E-state index in [0.717, 1.165) is 38.9 Å². The maximum absolute atomic E-state index is 6.07. The monoisotopic (exact) mass is 346 g/mol. The summed E-state index contributed by atoms with van der Waals surface area (Å²) in [5, 5.41) is 0. The molecule has 0 radical (unpaired) electrons. The van der Waals surface area contributed by atoms with Crippen molar-refractivity contribution in [2.45, 2.75) is 90.4 Å². The molecule has 0 aliphatic carbocycles. The van der Waals surface area contributed by atoms with E-state index < -0.39 is 0 Å². The zero-order chi connectivity index (χ0) is 17.2. The topological polar surface area (TPSA) is 62.0 Å². The predicted octanol–water partition coefficient (Wildman–Crippen LogP) is 3.23. The number of epoxide rings is 2. The van der Waals surface area contributed by atoms with Crippen molar-refractivity contribution in [3.05, 3.63) is 0 Å². The molecule has 2 aliphatic heterocycles. The summed E-state index contributed by atoms with van der Waals surface area (Å²) in [6.07, 6.45) is 5.51. The Labute approximate surface area is 146 Å². The average molecular weight is 346 g/mol. The second-order valence-corrected chi connectivity index (χ2v) is 6.45. The molecule has 0 aromatic carbocycles. The minimum atomic E-state index is -0.299. The molecule has 0 bridgehead atoms. The molecule has 2 heterocycles. The van der Waals surface area contributed by atoms with Gasteiger partial charge in [0.1, 0.15) is 12.2 Å². The van der Waals surface area contributed by atoms with E-state index in [2.05, 4.69) is 20.8 Å². The molecule has 0 aromatic heterocycles. The quantitative estimate of drug-likeness (QED) is 0.243. The summed E-state index contributed by atoms with van der Waals surface area (Å²) in [5.41, 5.74) is 0. The van der Waals surface area contributed by atoms with Crippen LogP contribution in [0.15, 0.2) is 0 Å². The second-order valence-electron chi connectivity index (χ2n) is 6.45. The van der Waals surface area contributed by atoms with Crippen molar-refractivity contribution in [2.24, 2.45) is 0 Å². The van der Waals surface area contributed by atoms with Gasteiger partial charge < -0.3 is 28.4 Å². The molecular formula is C18H34O6. The third-order valence-corrected chi connectivity index (χ3v) is 4.06. The van der Waals surface area contributed by atoms with Crippen LogP contribution in [0.2, 0.25) is 0 Å². The van der Waals surface area contributed by atoms with Gasteiger partial charge in [0, 0.05) is 0 Å². The smallest absolute Gasteiger partial charge is 0.163 e. The Morgan fingerprint density at radius 1 is 0.792 bits per heavy atom. The molecule has 2 saturated heterocycles. The highest BCUT2D eigenvalue weighted by Crippen LogP contribution is 2.19. The number of ether oxygens (including phenoxy) is 6. The standard InChI is InChI=1S/C18H34O6/c1-4-7-8-9-18(23-16(5-2)21-12-14-10-19-14)24-17(6-3)22-13-15-11-20-15/h14-18H,4-13H2,1-3H3. The zero-order valence-electron chi connectivity index (χ0n) is 15.4. The first-order valence-electron chi connectivity index (χ1n) is 9.52. The largest absolute Gasteiger partial charge is 0.371 e. The molecule has 0 spiro atoms. The lowest BCUT2D eigenvalue weighted by Crippen LogP contribution is -2.32. The van der Waals surface area contributed by atoms with Gasteiger partial charge >= 0.3 is 0 Å². The summed E-state index contributed by atoms with van der Waals surface area (Å²) in [6.45, 7) is 9.07. The van der Waals surface area contributed by atoms with Gasteiger partial charge in [0.25, 0.3) is 0 Å². The van der Waals surface area contributed by atoms with E-state index in [1.807, 2.05) is 0 Å². The molecule has 2 fully saturated rings. The normalized spacial score (nSPS) is 26.1. The third kappa shape index (κ3) is 8.74. The van der Waals surface area contributed by atoms with E-state index >= 15 is 0 Å². The highest BCUT2D eigenvalue weighted by atomic mass is 16.8. The van der Waals surface area contributed by atoms with Crippen LogP contribution < -0.4 is 0 Å². The van der Waals surface area contributed by atoms with Gasteiger partial charge in [-0.05, 0) is 25.7 Å². The Hall–Kier alpha value is -0.240. The zero-order valence-corrected chi connectivity index (χ0v) is 15.4. The third-order valence-electron chi connectivity index (χ3n) is 4.06. The minimum Gasteiger partial charge on any atom is -0.371 e. The van der Waals surface area contributed by atoms with Crippen molar-refractivity contribution < 1.29 is 28.4 Å². The highest BCUT2D eigenvalue weighted by molar-refractivity contribution is 4.68. The van der Waals surface area contributed by atoms with Crippen LogP contribution in [0.25, 0.3) is 0 Å². The minimum absolute atomic E-state index is 0.243. The van der Waals surface area contributed by atoms with Crippen molar-refractivity contribution in [3.8, 4) is 0 Å². The fraction of sp³-hybridized carbons (Fsp3) is 1.00. The molecule has 2 aliphatic rings. The first-order chi connectivity index (χ1) is 11.7. The summed E-state index contributed by atoms with van der Waals surface area (Å²) >= 11 is 0. The van der Waals surface area contributed by atoms with Crippen molar-refractivity contribution >= 4 is 0 Å². The van der Waals surface area contributed by atoms with Gasteiger partial charge in [-0.25, -0.2) is 0 Å². The van der Waals surface area contributed by atoms with E-state index in [4.69, 9.17) is 28.4 Å². The van der Waals surface area contributed by atoms with Crippen LogP contribution in [0.1, 0.15) is 59.3 Å². The van der Waals surface area contributed by atoms with Crippen molar-refractivity contribution in [3.63, 3.8) is 0 Å². The average Bonchev–Trinajstić information content (AvgIpc) is 3.48. The molecule has 4 unspecified atom stereocenters. The van der Waals surface area contributed by atoms with Crippen LogP contribution in [0.5, 0.6) is 0 Å². The molecule has 6 nitrogen and oxygen atoms in total. The van der Waals surface area contributed by atoms with Gasteiger partial charge in [0.15, 0.2) is 18.9 Å². The second kappa shape index (κ2) is 11.4. The van der Waals surface area contributed by atoms with Gasteiger partial charge in [-0.2, -0.15) is 0 Å². The molecule has 4 atom stereocenters. The fourth-order valence-electron chi connectivity index (χ4n) is 2.33. The number of unbranched alkanes of at least 4 members (excludes halogenated alkanes) is 2.